The van der Waals surface area contributed by atoms with E-state index in [4.69, 9.17) is 5.11 Å². The summed E-state index contributed by atoms with van der Waals surface area (Å²) in [6, 6.07) is 7.64. The lowest BCUT2D eigenvalue weighted by Crippen LogP contribution is -2.31. The highest BCUT2D eigenvalue weighted by molar-refractivity contribution is 5.94. The molecule has 0 saturated carbocycles. The smallest absolute Gasteiger partial charge is 0.352 e. The van der Waals surface area contributed by atoms with Gasteiger partial charge in [0.25, 0.3) is 0 Å². The molecule has 3 rings (SSSR count). The lowest BCUT2D eigenvalue weighted by Gasteiger charge is -2.18. The summed E-state index contributed by atoms with van der Waals surface area (Å²) in [6.07, 6.45) is 0.959. The second-order valence-electron chi connectivity index (χ2n) is 6.26. The van der Waals surface area contributed by atoms with Crippen LogP contribution in [0.4, 0.5) is 0 Å². The van der Waals surface area contributed by atoms with Crippen molar-refractivity contribution in [2.45, 2.75) is 26.2 Å². The number of fused-ring (bicyclic) bond motifs is 1. The van der Waals surface area contributed by atoms with Crippen LogP contribution in [0.25, 0.3) is 10.9 Å². The number of aromatic nitrogens is 1. The summed E-state index contributed by atoms with van der Waals surface area (Å²) >= 11 is 0. The Balaban J connectivity index is 1.82. The van der Waals surface area contributed by atoms with Crippen LogP contribution in [-0.2, 0) is 4.79 Å². The molecule has 2 heterocycles. The minimum absolute atomic E-state index is 0.0315. The van der Waals surface area contributed by atoms with E-state index >= 15 is 0 Å². The highest BCUT2D eigenvalue weighted by atomic mass is 16.4. The molecule has 5 heteroatoms. The van der Waals surface area contributed by atoms with Crippen molar-refractivity contribution >= 4 is 22.8 Å². The fourth-order valence-electron chi connectivity index (χ4n) is 3.12. The van der Waals surface area contributed by atoms with Crippen molar-refractivity contribution in [2.75, 3.05) is 13.1 Å². The van der Waals surface area contributed by atoms with Crippen molar-refractivity contribution in [2.24, 2.45) is 5.92 Å². The summed E-state index contributed by atoms with van der Waals surface area (Å²) in [5.41, 5.74) is 2.20. The zero-order valence-corrected chi connectivity index (χ0v) is 12.8. The van der Waals surface area contributed by atoms with Gasteiger partial charge in [-0.15, -0.1) is 0 Å². The van der Waals surface area contributed by atoms with Gasteiger partial charge in [-0.2, -0.15) is 0 Å². The Kier molecular flexibility index (Phi) is 3.64. The molecule has 1 unspecified atom stereocenters. The van der Waals surface area contributed by atoms with Crippen molar-refractivity contribution in [1.29, 1.82) is 0 Å². The van der Waals surface area contributed by atoms with Crippen LogP contribution in [0, 0.1) is 5.92 Å². The van der Waals surface area contributed by atoms with Crippen molar-refractivity contribution in [3.8, 4) is 0 Å². The lowest BCUT2D eigenvalue weighted by atomic mass is 9.97. The van der Waals surface area contributed by atoms with Crippen LogP contribution in [0.2, 0.25) is 0 Å². The van der Waals surface area contributed by atoms with Gasteiger partial charge in [0, 0.05) is 35.8 Å². The summed E-state index contributed by atoms with van der Waals surface area (Å²) in [5, 5.41) is 9.95. The third-order valence-electron chi connectivity index (χ3n) is 4.34. The quantitative estimate of drug-likeness (QED) is 0.915. The molecule has 1 fully saturated rings. The summed E-state index contributed by atoms with van der Waals surface area (Å²) in [6.45, 7) is 5.40. The number of likely N-dealkylation sites (tertiary alicyclic amines) is 1. The van der Waals surface area contributed by atoms with Crippen LogP contribution in [0.5, 0.6) is 0 Å². The first-order valence-electron chi connectivity index (χ1n) is 7.60. The van der Waals surface area contributed by atoms with Gasteiger partial charge in [-0.1, -0.05) is 19.9 Å². The first-order valence-corrected chi connectivity index (χ1v) is 7.60. The molecule has 2 N–H and O–H groups in total. The predicted molar refractivity (Wildman–Crippen MR) is 84.0 cm³/mol. The molecule has 1 aliphatic rings. The number of amides is 1. The van der Waals surface area contributed by atoms with Crippen LogP contribution in [-0.4, -0.2) is 40.0 Å². The number of H-pyrrole nitrogens is 1. The Hall–Kier alpha value is -2.30. The first kappa shape index (κ1) is 14.6. The van der Waals surface area contributed by atoms with Crippen molar-refractivity contribution in [3.63, 3.8) is 0 Å². The minimum Gasteiger partial charge on any atom is -0.477 e. The topological polar surface area (TPSA) is 73.4 Å². The third-order valence-corrected chi connectivity index (χ3v) is 4.34. The highest BCUT2D eigenvalue weighted by Crippen LogP contribution is 2.30. The van der Waals surface area contributed by atoms with Crippen LogP contribution < -0.4 is 0 Å². The van der Waals surface area contributed by atoms with Crippen molar-refractivity contribution < 1.29 is 14.7 Å². The van der Waals surface area contributed by atoms with Crippen LogP contribution in [0.3, 0.4) is 0 Å². The number of aromatic carboxylic acids is 1. The van der Waals surface area contributed by atoms with E-state index in [1.807, 2.05) is 36.9 Å². The average molecular weight is 300 g/mol. The molecular weight excluding hydrogens is 280 g/mol. The maximum absolute atomic E-state index is 12.1. The fourth-order valence-corrected chi connectivity index (χ4v) is 3.12. The molecule has 1 saturated heterocycles. The number of hydrogen-bond acceptors (Lipinski definition) is 2. The molecule has 0 bridgehead atoms. The summed E-state index contributed by atoms with van der Waals surface area (Å²) in [5.74, 6) is -0.384. The standard InChI is InChI=1S/C17H20N2O3/c1-10(2)16(20)19-6-5-12(9-19)11-3-4-14-13(7-11)8-15(18-14)17(21)22/h3-4,7-8,10,12,18H,5-6,9H2,1-2H3,(H,21,22). The van der Waals surface area contributed by atoms with E-state index in [9.17, 15) is 9.59 Å². The van der Waals surface area contributed by atoms with Crippen molar-refractivity contribution in [3.05, 3.63) is 35.5 Å². The van der Waals surface area contributed by atoms with Crippen LogP contribution in [0.1, 0.15) is 42.2 Å². The number of carbonyl (C=O) groups excluding carboxylic acids is 1. The molecule has 1 amide bonds. The molecule has 0 radical (unpaired) electrons. The number of nitrogens with one attached hydrogen (secondary N) is 1. The normalized spacial score (nSPS) is 18.3. The molecule has 1 aliphatic heterocycles. The van der Waals surface area contributed by atoms with E-state index in [1.54, 1.807) is 6.07 Å². The van der Waals surface area contributed by atoms with E-state index in [2.05, 4.69) is 4.98 Å². The zero-order chi connectivity index (χ0) is 15.9. The second-order valence-corrected chi connectivity index (χ2v) is 6.26. The number of aromatic amines is 1. The Bertz CT molecular complexity index is 733. The number of carboxylic acids is 1. The largest absolute Gasteiger partial charge is 0.477 e. The average Bonchev–Trinajstić information content (AvgIpc) is 3.12. The highest BCUT2D eigenvalue weighted by Gasteiger charge is 2.28. The molecule has 5 nitrogen and oxygen atoms in total. The number of rotatable bonds is 3. The molecule has 1 atom stereocenters. The number of carboxylic acid groups (broad SMARTS) is 1. The molecule has 116 valence electrons. The van der Waals surface area contributed by atoms with Gasteiger partial charge in [0.2, 0.25) is 5.91 Å². The number of nitrogens with zero attached hydrogens (tertiary/aromatic N) is 1. The van der Waals surface area contributed by atoms with Gasteiger partial charge < -0.3 is 15.0 Å². The maximum Gasteiger partial charge on any atom is 0.352 e. The Labute approximate surface area is 128 Å². The van der Waals surface area contributed by atoms with E-state index in [-0.39, 0.29) is 17.5 Å². The SMILES string of the molecule is CC(C)C(=O)N1CCC(c2ccc3[nH]c(C(=O)O)cc3c2)C1. The van der Waals surface area contributed by atoms with Gasteiger partial charge in [0.15, 0.2) is 0 Å². The van der Waals surface area contributed by atoms with Gasteiger partial charge in [-0.3, -0.25) is 4.79 Å². The zero-order valence-electron chi connectivity index (χ0n) is 12.8. The van der Waals surface area contributed by atoms with Crippen molar-refractivity contribution in [1.82, 2.24) is 9.88 Å². The molecule has 22 heavy (non-hydrogen) atoms. The molecular formula is C17H20N2O3. The van der Waals surface area contributed by atoms with E-state index in [0.717, 1.165) is 30.4 Å². The summed E-state index contributed by atoms with van der Waals surface area (Å²) in [7, 11) is 0. The molecule has 1 aromatic heterocycles. The van der Waals surface area contributed by atoms with Gasteiger partial charge in [-0.25, -0.2) is 4.79 Å². The van der Waals surface area contributed by atoms with E-state index in [0.29, 0.717) is 5.92 Å². The van der Waals surface area contributed by atoms with Gasteiger partial charge in [-0.05, 0) is 30.2 Å². The minimum atomic E-state index is -0.952. The summed E-state index contributed by atoms with van der Waals surface area (Å²) < 4.78 is 0. The fraction of sp³-hybridized carbons (Fsp3) is 0.412. The van der Waals surface area contributed by atoms with Crippen LogP contribution >= 0.6 is 0 Å². The molecule has 0 aliphatic carbocycles. The van der Waals surface area contributed by atoms with E-state index in [1.165, 1.54) is 5.56 Å². The molecule has 0 spiro atoms. The monoisotopic (exact) mass is 300 g/mol. The Morgan fingerprint density at radius 2 is 2.09 bits per heavy atom. The first-order chi connectivity index (χ1) is 10.5. The maximum atomic E-state index is 12.1. The molecule has 1 aromatic carbocycles. The Morgan fingerprint density at radius 1 is 1.32 bits per heavy atom. The number of hydrogen-bond donors (Lipinski definition) is 2. The van der Waals surface area contributed by atoms with Gasteiger partial charge >= 0.3 is 5.97 Å². The van der Waals surface area contributed by atoms with Crippen LogP contribution in [0.15, 0.2) is 24.3 Å². The van der Waals surface area contributed by atoms with Gasteiger partial charge in [0.1, 0.15) is 5.69 Å². The van der Waals surface area contributed by atoms with Gasteiger partial charge in [0.05, 0.1) is 0 Å². The van der Waals surface area contributed by atoms with E-state index < -0.39 is 5.97 Å². The second kappa shape index (κ2) is 5.48. The third kappa shape index (κ3) is 2.58. The number of benzene rings is 1. The Morgan fingerprint density at radius 3 is 2.77 bits per heavy atom. The number of carbonyl (C=O) groups is 2. The lowest BCUT2D eigenvalue weighted by molar-refractivity contribution is -0.133. The summed E-state index contributed by atoms with van der Waals surface area (Å²) in [4.78, 5) is 27.9. The molecule has 2 aromatic rings. The predicted octanol–water partition coefficient (Wildman–Crippen LogP) is 2.84.